The van der Waals surface area contributed by atoms with Crippen molar-refractivity contribution in [3.63, 3.8) is 0 Å². The number of hydrogen-bond donors (Lipinski definition) is 0. The molecule has 1 atom stereocenters. The molecule has 0 saturated heterocycles. The van der Waals surface area contributed by atoms with Crippen LogP contribution >= 0.6 is 21.6 Å². The molecule has 1 aliphatic rings. The van der Waals surface area contributed by atoms with E-state index in [2.05, 4.69) is 26.9 Å². The predicted octanol–water partition coefficient (Wildman–Crippen LogP) is 1.82. The van der Waals surface area contributed by atoms with Crippen LogP contribution in [0.5, 0.6) is 0 Å². The second-order valence-electron chi connectivity index (χ2n) is 1.99. The van der Waals surface area contributed by atoms with Gasteiger partial charge in [-0.15, -0.1) is 10.2 Å². The molecule has 3 nitrogen and oxygen atoms in total. The fraction of sp³-hybridized carbons (Fsp3) is 0.167. The predicted molar refractivity (Wildman–Crippen MR) is 46.9 cm³/mol. The summed E-state index contributed by atoms with van der Waals surface area (Å²) >= 11 is 0. The molecule has 0 saturated carbocycles. The molecule has 0 N–H and O–H groups in total. The minimum atomic E-state index is 0.357. The Balaban J connectivity index is 2.23. The summed E-state index contributed by atoms with van der Waals surface area (Å²) in [5.74, 6) is 0. The van der Waals surface area contributed by atoms with Crippen LogP contribution < -0.4 is 0 Å². The van der Waals surface area contributed by atoms with E-state index in [9.17, 15) is 0 Å². The van der Waals surface area contributed by atoms with E-state index in [0.29, 0.717) is 5.25 Å². The lowest BCUT2D eigenvalue weighted by molar-refractivity contribution is 0.822. The summed E-state index contributed by atoms with van der Waals surface area (Å²) in [5.41, 5.74) is 0.978. The zero-order valence-corrected chi connectivity index (χ0v) is 7.18. The van der Waals surface area contributed by atoms with Gasteiger partial charge in [0.1, 0.15) is 0 Å². The van der Waals surface area contributed by atoms with E-state index >= 15 is 0 Å². The zero-order valence-electron chi connectivity index (χ0n) is 5.54. The molecule has 11 heavy (non-hydrogen) atoms. The first kappa shape index (κ1) is 7.12. The third kappa shape index (κ3) is 1.54. The van der Waals surface area contributed by atoms with Crippen LogP contribution in [0.1, 0.15) is 10.9 Å². The van der Waals surface area contributed by atoms with Crippen LogP contribution in [0, 0.1) is 0 Å². The molecule has 0 aromatic carbocycles. The second kappa shape index (κ2) is 3.23. The Labute approximate surface area is 72.1 Å². The quantitative estimate of drug-likeness (QED) is 0.621. The molecular formula is C6H5N3S2. The van der Waals surface area contributed by atoms with E-state index in [0.717, 1.165) is 5.69 Å². The monoisotopic (exact) mass is 183 g/mol. The van der Waals surface area contributed by atoms with Crippen molar-refractivity contribution in [2.75, 3.05) is 0 Å². The van der Waals surface area contributed by atoms with Crippen LogP contribution in [0.3, 0.4) is 0 Å². The Kier molecular flexibility index (Phi) is 2.09. The van der Waals surface area contributed by atoms with Gasteiger partial charge in [0, 0.05) is 0 Å². The molecule has 0 aliphatic carbocycles. The lowest BCUT2D eigenvalue weighted by Gasteiger charge is -2.01. The third-order valence-electron chi connectivity index (χ3n) is 1.28. The maximum Gasteiger partial charge on any atom is 0.0842 e. The van der Waals surface area contributed by atoms with E-state index in [1.54, 1.807) is 27.8 Å². The van der Waals surface area contributed by atoms with E-state index in [4.69, 9.17) is 0 Å². The van der Waals surface area contributed by atoms with Crippen molar-refractivity contribution in [1.29, 1.82) is 0 Å². The molecule has 56 valence electrons. The molecule has 1 aromatic heterocycles. The van der Waals surface area contributed by atoms with Crippen LogP contribution in [-0.4, -0.2) is 15.4 Å². The molecule has 2 heterocycles. The fourth-order valence-corrected chi connectivity index (χ4v) is 2.88. The van der Waals surface area contributed by atoms with Crippen molar-refractivity contribution in [3.8, 4) is 0 Å². The summed E-state index contributed by atoms with van der Waals surface area (Å²) in [6.45, 7) is 0. The van der Waals surface area contributed by atoms with E-state index < -0.39 is 0 Å². The highest BCUT2D eigenvalue weighted by Crippen LogP contribution is 2.44. The first-order valence-corrected chi connectivity index (χ1v) is 5.37. The Morgan fingerprint density at radius 3 is 3.09 bits per heavy atom. The number of aromatic nitrogens is 3. The van der Waals surface area contributed by atoms with Crippen molar-refractivity contribution < 1.29 is 0 Å². The maximum atomic E-state index is 3.91. The van der Waals surface area contributed by atoms with Crippen molar-refractivity contribution in [3.05, 3.63) is 29.4 Å². The van der Waals surface area contributed by atoms with Crippen LogP contribution in [0.25, 0.3) is 0 Å². The Morgan fingerprint density at radius 2 is 2.45 bits per heavy atom. The SMILES string of the molecule is C1=CC(c2ccnnn2)SS1. The average Bonchev–Trinajstić information content (AvgIpc) is 2.58. The summed E-state index contributed by atoms with van der Waals surface area (Å²) < 4.78 is 0. The molecule has 1 aliphatic heterocycles. The molecule has 0 amide bonds. The summed E-state index contributed by atoms with van der Waals surface area (Å²) in [5, 5.41) is 13.5. The lowest BCUT2D eigenvalue weighted by Crippen LogP contribution is -1.94. The minimum Gasteiger partial charge on any atom is -0.139 e. The highest BCUT2D eigenvalue weighted by Gasteiger charge is 2.14. The molecule has 1 unspecified atom stereocenters. The van der Waals surface area contributed by atoms with Crippen molar-refractivity contribution in [2.45, 2.75) is 5.25 Å². The third-order valence-corrected chi connectivity index (χ3v) is 3.56. The standard InChI is InChI=1S/C6H5N3S2/c1-3-7-9-8-5(1)6-2-4-10-11-6/h1-4,6H. The van der Waals surface area contributed by atoms with E-state index in [-0.39, 0.29) is 0 Å². The molecule has 5 heteroatoms. The van der Waals surface area contributed by atoms with Gasteiger partial charge in [-0.05, 0) is 16.7 Å². The van der Waals surface area contributed by atoms with Gasteiger partial charge in [0.2, 0.25) is 0 Å². The first-order valence-electron chi connectivity index (χ1n) is 3.10. The van der Waals surface area contributed by atoms with Gasteiger partial charge in [-0.25, -0.2) is 0 Å². The molecular weight excluding hydrogens is 178 g/mol. The second-order valence-corrected chi connectivity index (χ2v) is 4.31. The molecule has 0 fully saturated rings. The lowest BCUT2D eigenvalue weighted by atomic mass is 10.3. The molecule has 0 radical (unpaired) electrons. The fourth-order valence-electron chi connectivity index (χ4n) is 0.777. The summed E-state index contributed by atoms with van der Waals surface area (Å²) in [6, 6.07) is 1.89. The van der Waals surface area contributed by atoms with Gasteiger partial charge in [-0.3, -0.25) is 0 Å². The largest absolute Gasteiger partial charge is 0.139 e. The topological polar surface area (TPSA) is 38.7 Å². The normalized spacial score (nSPS) is 22.4. The smallest absolute Gasteiger partial charge is 0.0842 e. The Morgan fingerprint density at radius 1 is 1.45 bits per heavy atom. The van der Waals surface area contributed by atoms with Gasteiger partial charge in [-0.1, -0.05) is 27.7 Å². The summed E-state index contributed by atoms with van der Waals surface area (Å²) in [6.07, 6.45) is 3.78. The van der Waals surface area contributed by atoms with Gasteiger partial charge in [0.25, 0.3) is 0 Å². The number of rotatable bonds is 1. The van der Waals surface area contributed by atoms with Crippen molar-refractivity contribution in [2.24, 2.45) is 0 Å². The molecule has 0 spiro atoms. The van der Waals surface area contributed by atoms with Crippen LogP contribution in [0.2, 0.25) is 0 Å². The van der Waals surface area contributed by atoms with E-state index in [1.807, 2.05) is 6.07 Å². The van der Waals surface area contributed by atoms with Gasteiger partial charge < -0.3 is 0 Å². The maximum absolute atomic E-state index is 3.91. The Bertz CT molecular complexity index is 262. The summed E-state index contributed by atoms with van der Waals surface area (Å²) in [4.78, 5) is 0. The van der Waals surface area contributed by atoms with Crippen molar-refractivity contribution in [1.82, 2.24) is 15.4 Å². The number of nitrogens with zero attached hydrogens (tertiary/aromatic N) is 3. The average molecular weight is 183 g/mol. The molecule has 1 aromatic rings. The first-order chi connectivity index (χ1) is 5.47. The highest BCUT2D eigenvalue weighted by atomic mass is 33.1. The van der Waals surface area contributed by atoms with Gasteiger partial charge in [-0.2, -0.15) is 0 Å². The van der Waals surface area contributed by atoms with Crippen LogP contribution in [0.15, 0.2) is 23.7 Å². The van der Waals surface area contributed by atoms with Gasteiger partial charge in [0.15, 0.2) is 0 Å². The van der Waals surface area contributed by atoms with Crippen LogP contribution in [0.4, 0.5) is 0 Å². The highest BCUT2D eigenvalue weighted by molar-refractivity contribution is 8.78. The molecule has 0 bridgehead atoms. The van der Waals surface area contributed by atoms with Gasteiger partial charge >= 0.3 is 0 Å². The minimum absolute atomic E-state index is 0.357. The van der Waals surface area contributed by atoms with Crippen LogP contribution in [-0.2, 0) is 0 Å². The summed E-state index contributed by atoms with van der Waals surface area (Å²) in [7, 11) is 3.50. The zero-order chi connectivity index (χ0) is 7.52. The van der Waals surface area contributed by atoms with E-state index in [1.165, 1.54) is 0 Å². The molecule has 2 rings (SSSR count). The Hall–Kier alpha value is -0.550. The number of hydrogen-bond acceptors (Lipinski definition) is 5. The van der Waals surface area contributed by atoms with Crippen molar-refractivity contribution >= 4 is 21.6 Å². The van der Waals surface area contributed by atoms with Gasteiger partial charge in [0.05, 0.1) is 17.1 Å².